The average molecular weight is 272 g/mol. The van der Waals surface area contributed by atoms with E-state index in [1.165, 1.54) is 5.56 Å². The smallest absolute Gasteiger partial charge is 0.107 e. The third kappa shape index (κ3) is 3.48. The van der Waals surface area contributed by atoms with Crippen LogP contribution in [0.1, 0.15) is 56.5 Å². The fraction of sp³-hybridized carbons (Fsp3) is 0.471. The van der Waals surface area contributed by atoms with Crippen molar-refractivity contribution < 1.29 is 5.11 Å². The van der Waals surface area contributed by atoms with Gasteiger partial charge in [-0.3, -0.25) is 4.68 Å². The van der Waals surface area contributed by atoms with Gasteiger partial charge >= 0.3 is 0 Å². The molecule has 1 N–H and O–H groups in total. The number of nitrogens with zero attached hydrogens (tertiary/aromatic N) is 2. The van der Waals surface area contributed by atoms with Gasteiger partial charge in [0.15, 0.2) is 0 Å². The van der Waals surface area contributed by atoms with Crippen LogP contribution in [0.2, 0.25) is 0 Å². The maximum absolute atomic E-state index is 10.5. The molecular weight excluding hydrogens is 248 g/mol. The second-order valence-electron chi connectivity index (χ2n) is 6.09. The van der Waals surface area contributed by atoms with Crippen molar-refractivity contribution in [2.45, 2.75) is 46.3 Å². The number of rotatable bonds is 5. The molecule has 1 unspecified atom stereocenters. The van der Waals surface area contributed by atoms with Crippen LogP contribution in [0.15, 0.2) is 36.7 Å². The third-order valence-corrected chi connectivity index (χ3v) is 3.38. The van der Waals surface area contributed by atoms with Crippen molar-refractivity contribution in [2.24, 2.45) is 5.92 Å². The molecule has 0 aliphatic rings. The van der Waals surface area contributed by atoms with Gasteiger partial charge < -0.3 is 5.11 Å². The summed E-state index contributed by atoms with van der Waals surface area (Å²) in [5.74, 6) is 0.617. The lowest BCUT2D eigenvalue weighted by Crippen LogP contribution is -2.02. The van der Waals surface area contributed by atoms with Gasteiger partial charge in [0.05, 0.1) is 6.20 Å². The number of hydrogen-bond donors (Lipinski definition) is 1. The van der Waals surface area contributed by atoms with Gasteiger partial charge in [0.25, 0.3) is 0 Å². The Morgan fingerprint density at radius 1 is 1.15 bits per heavy atom. The van der Waals surface area contributed by atoms with Crippen LogP contribution in [0.4, 0.5) is 0 Å². The van der Waals surface area contributed by atoms with E-state index in [4.69, 9.17) is 0 Å². The summed E-state index contributed by atoms with van der Waals surface area (Å²) in [5, 5.41) is 14.8. The first-order chi connectivity index (χ1) is 9.47. The quantitative estimate of drug-likeness (QED) is 0.900. The molecule has 2 aromatic rings. The molecule has 0 amide bonds. The van der Waals surface area contributed by atoms with E-state index in [0.717, 1.165) is 17.5 Å². The highest BCUT2D eigenvalue weighted by molar-refractivity contribution is 5.31. The van der Waals surface area contributed by atoms with Gasteiger partial charge in [-0.15, -0.1) is 0 Å². The molecule has 0 aliphatic carbocycles. The Morgan fingerprint density at radius 3 is 2.50 bits per heavy atom. The summed E-state index contributed by atoms with van der Waals surface area (Å²) in [6.07, 6.45) is 4.10. The van der Waals surface area contributed by atoms with E-state index in [0.29, 0.717) is 12.0 Å². The molecule has 3 nitrogen and oxygen atoms in total. The van der Waals surface area contributed by atoms with Crippen molar-refractivity contribution in [3.63, 3.8) is 0 Å². The zero-order valence-corrected chi connectivity index (χ0v) is 12.7. The van der Waals surface area contributed by atoms with Crippen molar-refractivity contribution in [2.75, 3.05) is 0 Å². The van der Waals surface area contributed by atoms with Gasteiger partial charge in [-0.25, -0.2) is 0 Å². The molecule has 0 fully saturated rings. The van der Waals surface area contributed by atoms with Crippen LogP contribution in [-0.2, 0) is 6.42 Å². The van der Waals surface area contributed by atoms with E-state index < -0.39 is 6.10 Å². The first-order valence-corrected chi connectivity index (χ1v) is 7.28. The SMILES string of the molecule is CC(C)Cc1cccc(C(O)c2cnn(C(C)C)c2)c1. The molecule has 2 rings (SSSR count). The molecule has 1 heterocycles. The van der Waals surface area contributed by atoms with E-state index in [-0.39, 0.29) is 0 Å². The minimum absolute atomic E-state index is 0.309. The Balaban J connectivity index is 2.21. The third-order valence-electron chi connectivity index (χ3n) is 3.38. The van der Waals surface area contributed by atoms with Crippen molar-refractivity contribution in [1.29, 1.82) is 0 Å². The molecule has 1 aromatic heterocycles. The van der Waals surface area contributed by atoms with Crippen LogP contribution in [0.5, 0.6) is 0 Å². The van der Waals surface area contributed by atoms with Crippen LogP contribution in [0, 0.1) is 5.92 Å². The normalized spacial score (nSPS) is 13.2. The second kappa shape index (κ2) is 6.23. The van der Waals surface area contributed by atoms with Gasteiger partial charge in [0.1, 0.15) is 6.10 Å². The van der Waals surface area contributed by atoms with Gasteiger partial charge in [-0.1, -0.05) is 38.1 Å². The minimum atomic E-state index is -0.602. The van der Waals surface area contributed by atoms with Gasteiger partial charge in [-0.05, 0) is 37.3 Å². The zero-order chi connectivity index (χ0) is 14.7. The highest BCUT2D eigenvalue weighted by Gasteiger charge is 2.14. The summed E-state index contributed by atoms with van der Waals surface area (Å²) in [6, 6.07) is 8.51. The number of hydrogen-bond acceptors (Lipinski definition) is 2. The minimum Gasteiger partial charge on any atom is -0.384 e. The summed E-state index contributed by atoms with van der Waals surface area (Å²) < 4.78 is 1.87. The summed E-state index contributed by atoms with van der Waals surface area (Å²) in [5.41, 5.74) is 3.06. The van der Waals surface area contributed by atoms with E-state index in [1.54, 1.807) is 6.20 Å². The highest BCUT2D eigenvalue weighted by Crippen LogP contribution is 2.23. The van der Waals surface area contributed by atoms with Gasteiger partial charge in [0, 0.05) is 17.8 Å². The molecule has 0 saturated carbocycles. The lowest BCUT2D eigenvalue weighted by molar-refractivity contribution is 0.220. The predicted octanol–water partition coefficient (Wildman–Crippen LogP) is 3.74. The van der Waals surface area contributed by atoms with E-state index in [2.05, 4.69) is 44.9 Å². The van der Waals surface area contributed by atoms with Crippen LogP contribution in [-0.4, -0.2) is 14.9 Å². The summed E-state index contributed by atoms with van der Waals surface area (Å²) in [7, 11) is 0. The average Bonchev–Trinajstić information content (AvgIpc) is 2.87. The van der Waals surface area contributed by atoms with E-state index in [1.807, 2.05) is 23.0 Å². The second-order valence-corrected chi connectivity index (χ2v) is 6.09. The Bertz CT molecular complexity index is 558. The van der Waals surface area contributed by atoms with Crippen molar-refractivity contribution in [1.82, 2.24) is 9.78 Å². The monoisotopic (exact) mass is 272 g/mol. The van der Waals surface area contributed by atoms with E-state index >= 15 is 0 Å². The number of aromatic nitrogens is 2. The fourth-order valence-corrected chi connectivity index (χ4v) is 2.33. The Kier molecular flexibility index (Phi) is 4.61. The number of aliphatic hydroxyl groups excluding tert-OH is 1. The Hall–Kier alpha value is -1.61. The number of benzene rings is 1. The van der Waals surface area contributed by atoms with Crippen molar-refractivity contribution in [3.05, 3.63) is 53.3 Å². The first kappa shape index (κ1) is 14.8. The Labute approximate surface area is 121 Å². The van der Waals surface area contributed by atoms with Crippen LogP contribution in [0.3, 0.4) is 0 Å². The van der Waals surface area contributed by atoms with Crippen LogP contribution in [0.25, 0.3) is 0 Å². The number of aliphatic hydroxyl groups is 1. The molecule has 1 atom stereocenters. The zero-order valence-electron chi connectivity index (χ0n) is 12.7. The molecule has 1 aromatic carbocycles. The summed E-state index contributed by atoms with van der Waals surface area (Å²) >= 11 is 0. The molecule has 3 heteroatoms. The highest BCUT2D eigenvalue weighted by atomic mass is 16.3. The van der Waals surface area contributed by atoms with Crippen molar-refractivity contribution >= 4 is 0 Å². The molecular formula is C17H24N2O. The van der Waals surface area contributed by atoms with E-state index in [9.17, 15) is 5.11 Å². The molecule has 0 saturated heterocycles. The lowest BCUT2D eigenvalue weighted by atomic mass is 9.97. The molecule has 0 aliphatic heterocycles. The summed E-state index contributed by atoms with van der Waals surface area (Å²) in [6.45, 7) is 8.56. The first-order valence-electron chi connectivity index (χ1n) is 7.28. The Morgan fingerprint density at radius 2 is 1.90 bits per heavy atom. The molecule has 108 valence electrons. The molecule has 0 spiro atoms. The standard InChI is InChI=1S/C17H24N2O/c1-12(2)8-14-6-5-7-15(9-14)17(20)16-10-18-19(11-16)13(3)4/h5-7,9-13,17,20H,8H2,1-4H3. The predicted molar refractivity (Wildman–Crippen MR) is 81.7 cm³/mol. The molecule has 0 radical (unpaired) electrons. The largest absolute Gasteiger partial charge is 0.384 e. The van der Waals surface area contributed by atoms with Crippen molar-refractivity contribution in [3.8, 4) is 0 Å². The molecule has 0 bridgehead atoms. The van der Waals surface area contributed by atoms with Gasteiger partial charge in [-0.2, -0.15) is 5.10 Å². The fourth-order valence-electron chi connectivity index (χ4n) is 2.33. The maximum atomic E-state index is 10.5. The van der Waals surface area contributed by atoms with Crippen LogP contribution >= 0.6 is 0 Å². The summed E-state index contributed by atoms with van der Waals surface area (Å²) in [4.78, 5) is 0. The molecule has 20 heavy (non-hydrogen) atoms. The topological polar surface area (TPSA) is 38.1 Å². The lowest BCUT2D eigenvalue weighted by Gasteiger charge is -2.12. The van der Waals surface area contributed by atoms with Gasteiger partial charge in [0.2, 0.25) is 0 Å². The maximum Gasteiger partial charge on any atom is 0.107 e. The van der Waals surface area contributed by atoms with Crippen LogP contribution < -0.4 is 0 Å².